The maximum Gasteiger partial charge on any atom is 0.137 e. The molecule has 46 valence electrons. The first-order valence-corrected chi connectivity index (χ1v) is 2.85. The minimum Gasteiger partial charge on any atom is -0.307 e. The van der Waals surface area contributed by atoms with Crippen molar-refractivity contribution in [1.82, 2.24) is 5.32 Å². The van der Waals surface area contributed by atoms with Crippen molar-refractivity contribution >= 4 is 6.29 Å². The number of hydrogen-bond donors (Lipinski definition) is 1. The van der Waals surface area contributed by atoms with Crippen LogP contribution in [0.2, 0.25) is 0 Å². The van der Waals surface area contributed by atoms with Gasteiger partial charge in [-0.25, -0.2) is 0 Å². The summed E-state index contributed by atoms with van der Waals surface area (Å²) in [5, 5.41) is 3.02. The molecule has 8 heavy (non-hydrogen) atoms. The van der Waals surface area contributed by atoms with E-state index in [1.165, 1.54) is 0 Å². The minimum atomic E-state index is 0.0995. The number of nitrogens with one attached hydrogen (secondary N) is 1. The summed E-state index contributed by atoms with van der Waals surface area (Å²) in [6, 6.07) is 0.0995. The molecule has 0 amide bonds. The molecular weight excluding hydrogens is 102 g/mol. The van der Waals surface area contributed by atoms with E-state index in [1.807, 2.05) is 0 Å². The lowest BCUT2D eigenvalue weighted by molar-refractivity contribution is -0.114. The SMILES string of the molecule is CC1(C)CNC1C=O. The number of carbonyl (C=O) groups is 1. The molecule has 0 aromatic heterocycles. The lowest BCUT2D eigenvalue weighted by Crippen LogP contribution is -2.60. The highest BCUT2D eigenvalue weighted by Gasteiger charge is 2.37. The third kappa shape index (κ3) is 0.650. The van der Waals surface area contributed by atoms with Crippen LogP contribution >= 0.6 is 0 Å². The molecule has 0 radical (unpaired) electrons. The van der Waals surface area contributed by atoms with Crippen molar-refractivity contribution in [2.24, 2.45) is 5.41 Å². The van der Waals surface area contributed by atoms with Crippen molar-refractivity contribution in [2.75, 3.05) is 6.54 Å². The second-order valence-electron chi connectivity index (χ2n) is 2.98. The van der Waals surface area contributed by atoms with Crippen LogP contribution in [0.4, 0.5) is 0 Å². The molecule has 1 saturated heterocycles. The van der Waals surface area contributed by atoms with Gasteiger partial charge in [0.15, 0.2) is 0 Å². The van der Waals surface area contributed by atoms with E-state index in [-0.39, 0.29) is 11.5 Å². The van der Waals surface area contributed by atoms with E-state index in [1.54, 1.807) is 0 Å². The summed E-state index contributed by atoms with van der Waals surface area (Å²) >= 11 is 0. The molecule has 1 unspecified atom stereocenters. The molecule has 0 spiro atoms. The third-order valence-corrected chi connectivity index (χ3v) is 1.76. The van der Waals surface area contributed by atoms with Crippen LogP contribution in [-0.4, -0.2) is 18.9 Å². The van der Waals surface area contributed by atoms with E-state index >= 15 is 0 Å². The summed E-state index contributed by atoms with van der Waals surface area (Å²) in [5.74, 6) is 0. The molecule has 0 aromatic carbocycles. The van der Waals surface area contributed by atoms with Gasteiger partial charge in [-0.3, -0.25) is 0 Å². The lowest BCUT2D eigenvalue weighted by atomic mass is 9.78. The standard InChI is InChI=1S/C6H11NO/c1-6(2)4-7-5(6)3-8/h3,5,7H,4H2,1-2H3. The van der Waals surface area contributed by atoms with E-state index < -0.39 is 0 Å². The van der Waals surface area contributed by atoms with Gasteiger partial charge in [0, 0.05) is 6.54 Å². The summed E-state index contributed by atoms with van der Waals surface area (Å²) < 4.78 is 0. The topological polar surface area (TPSA) is 29.1 Å². The van der Waals surface area contributed by atoms with Crippen molar-refractivity contribution in [2.45, 2.75) is 19.9 Å². The van der Waals surface area contributed by atoms with Gasteiger partial charge in [0.05, 0.1) is 6.04 Å². The average Bonchev–Trinajstić information content (AvgIpc) is 1.66. The van der Waals surface area contributed by atoms with Crippen LogP contribution in [0.3, 0.4) is 0 Å². The fourth-order valence-electron chi connectivity index (χ4n) is 0.860. The zero-order valence-electron chi connectivity index (χ0n) is 5.27. The molecule has 2 heteroatoms. The number of carbonyl (C=O) groups excluding carboxylic acids is 1. The summed E-state index contributed by atoms with van der Waals surface area (Å²) in [5.41, 5.74) is 0.210. The van der Waals surface area contributed by atoms with Gasteiger partial charge in [0.1, 0.15) is 6.29 Å². The van der Waals surface area contributed by atoms with Gasteiger partial charge >= 0.3 is 0 Å². The Morgan fingerprint density at radius 1 is 1.75 bits per heavy atom. The predicted octanol–water partition coefficient (Wildman–Crippen LogP) is 0.183. The Morgan fingerprint density at radius 3 is 2.38 bits per heavy atom. The molecule has 0 aliphatic carbocycles. The number of aldehydes is 1. The lowest BCUT2D eigenvalue weighted by Gasteiger charge is -2.42. The highest BCUT2D eigenvalue weighted by atomic mass is 16.1. The molecule has 1 rings (SSSR count). The number of hydrogen-bond acceptors (Lipinski definition) is 2. The molecule has 0 aromatic rings. The van der Waals surface area contributed by atoms with Crippen LogP contribution in [0.25, 0.3) is 0 Å². The molecule has 1 aliphatic rings. The van der Waals surface area contributed by atoms with Crippen LogP contribution in [0.1, 0.15) is 13.8 Å². The first-order valence-electron chi connectivity index (χ1n) is 2.85. The van der Waals surface area contributed by atoms with Crippen LogP contribution < -0.4 is 5.32 Å². The average molecular weight is 113 g/mol. The highest BCUT2D eigenvalue weighted by molar-refractivity contribution is 5.61. The molecule has 1 aliphatic heterocycles. The van der Waals surface area contributed by atoms with Gasteiger partial charge < -0.3 is 10.1 Å². The first-order chi connectivity index (χ1) is 3.67. The second kappa shape index (κ2) is 1.55. The first kappa shape index (κ1) is 5.76. The summed E-state index contributed by atoms with van der Waals surface area (Å²) in [6.45, 7) is 5.14. The zero-order chi connectivity index (χ0) is 6.20. The van der Waals surface area contributed by atoms with E-state index in [0.717, 1.165) is 12.8 Å². The monoisotopic (exact) mass is 113 g/mol. The minimum absolute atomic E-state index is 0.0995. The Hall–Kier alpha value is -0.370. The van der Waals surface area contributed by atoms with Crippen LogP contribution in [0.5, 0.6) is 0 Å². The van der Waals surface area contributed by atoms with Gasteiger partial charge in [-0.1, -0.05) is 13.8 Å². The molecule has 1 fully saturated rings. The fraction of sp³-hybridized carbons (Fsp3) is 0.833. The van der Waals surface area contributed by atoms with Gasteiger partial charge in [-0.05, 0) is 5.41 Å². The van der Waals surface area contributed by atoms with Crippen LogP contribution in [0, 0.1) is 5.41 Å². The Balaban J connectivity index is 2.49. The summed E-state index contributed by atoms with van der Waals surface area (Å²) in [7, 11) is 0. The fourth-order valence-corrected chi connectivity index (χ4v) is 0.860. The quantitative estimate of drug-likeness (QED) is 0.491. The molecule has 2 nitrogen and oxygen atoms in total. The number of rotatable bonds is 1. The Morgan fingerprint density at radius 2 is 2.38 bits per heavy atom. The molecule has 0 bridgehead atoms. The van der Waals surface area contributed by atoms with E-state index in [0.29, 0.717) is 0 Å². The molecular formula is C6H11NO. The van der Waals surface area contributed by atoms with Crippen molar-refractivity contribution < 1.29 is 4.79 Å². The van der Waals surface area contributed by atoms with Gasteiger partial charge in [0.2, 0.25) is 0 Å². The van der Waals surface area contributed by atoms with Crippen molar-refractivity contribution in [3.05, 3.63) is 0 Å². The Bertz CT molecular complexity index is 109. The van der Waals surface area contributed by atoms with E-state index in [4.69, 9.17) is 0 Å². The van der Waals surface area contributed by atoms with Crippen molar-refractivity contribution in [1.29, 1.82) is 0 Å². The smallest absolute Gasteiger partial charge is 0.137 e. The zero-order valence-corrected chi connectivity index (χ0v) is 5.27. The van der Waals surface area contributed by atoms with Crippen molar-refractivity contribution in [3.8, 4) is 0 Å². The van der Waals surface area contributed by atoms with Crippen LogP contribution in [0.15, 0.2) is 0 Å². The Labute approximate surface area is 49.3 Å². The largest absolute Gasteiger partial charge is 0.307 e. The normalized spacial score (nSPS) is 33.5. The van der Waals surface area contributed by atoms with E-state index in [9.17, 15) is 4.79 Å². The third-order valence-electron chi connectivity index (χ3n) is 1.76. The van der Waals surface area contributed by atoms with Gasteiger partial charge in [-0.2, -0.15) is 0 Å². The highest BCUT2D eigenvalue weighted by Crippen LogP contribution is 2.25. The molecule has 1 heterocycles. The molecule has 0 saturated carbocycles. The summed E-state index contributed by atoms with van der Waals surface area (Å²) in [4.78, 5) is 10.1. The maximum absolute atomic E-state index is 10.1. The maximum atomic E-state index is 10.1. The second-order valence-corrected chi connectivity index (χ2v) is 2.98. The molecule has 1 N–H and O–H groups in total. The van der Waals surface area contributed by atoms with Crippen LogP contribution in [-0.2, 0) is 4.79 Å². The summed E-state index contributed by atoms with van der Waals surface area (Å²) in [6.07, 6.45) is 0.976. The Kier molecular flexibility index (Phi) is 1.12. The van der Waals surface area contributed by atoms with E-state index in [2.05, 4.69) is 19.2 Å². The predicted molar refractivity (Wildman–Crippen MR) is 31.6 cm³/mol. The van der Waals surface area contributed by atoms with Gasteiger partial charge in [0.25, 0.3) is 0 Å². The molecule has 1 atom stereocenters. The van der Waals surface area contributed by atoms with Gasteiger partial charge in [-0.15, -0.1) is 0 Å². The van der Waals surface area contributed by atoms with Crippen molar-refractivity contribution in [3.63, 3.8) is 0 Å².